The number of halogens is 1. The zero-order valence-corrected chi connectivity index (χ0v) is 12.7. The third-order valence-corrected chi connectivity index (χ3v) is 5.03. The SMILES string of the molecule is CNCc1ccc(N2CCC(SC)CC2)cc1Cl. The second-order valence-corrected chi connectivity index (χ2v) is 6.27. The van der Waals surface area contributed by atoms with E-state index in [9.17, 15) is 0 Å². The summed E-state index contributed by atoms with van der Waals surface area (Å²) in [5.41, 5.74) is 2.43. The quantitative estimate of drug-likeness (QED) is 0.912. The first kappa shape index (κ1) is 14.0. The summed E-state index contributed by atoms with van der Waals surface area (Å²) >= 11 is 8.31. The predicted molar refractivity (Wildman–Crippen MR) is 83.0 cm³/mol. The molecule has 4 heteroatoms. The normalized spacial score (nSPS) is 17.2. The minimum Gasteiger partial charge on any atom is -0.371 e. The van der Waals surface area contributed by atoms with E-state index in [2.05, 4.69) is 34.7 Å². The molecule has 1 fully saturated rings. The molecule has 1 aliphatic heterocycles. The molecule has 18 heavy (non-hydrogen) atoms. The molecular weight excluding hydrogens is 264 g/mol. The summed E-state index contributed by atoms with van der Waals surface area (Å²) in [6.45, 7) is 3.12. The molecule has 0 aliphatic carbocycles. The number of benzene rings is 1. The molecule has 2 nitrogen and oxygen atoms in total. The van der Waals surface area contributed by atoms with Gasteiger partial charge >= 0.3 is 0 Å². The van der Waals surface area contributed by atoms with Crippen LogP contribution in [-0.4, -0.2) is 31.6 Å². The number of hydrogen-bond donors (Lipinski definition) is 1. The van der Waals surface area contributed by atoms with Crippen LogP contribution in [0.5, 0.6) is 0 Å². The molecule has 0 unspecified atom stereocenters. The highest BCUT2D eigenvalue weighted by molar-refractivity contribution is 7.99. The summed E-state index contributed by atoms with van der Waals surface area (Å²) in [6, 6.07) is 6.43. The first-order valence-electron chi connectivity index (χ1n) is 6.45. The van der Waals surface area contributed by atoms with E-state index in [-0.39, 0.29) is 0 Å². The summed E-state index contributed by atoms with van der Waals surface area (Å²) in [4.78, 5) is 2.45. The highest BCUT2D eigenvalue weighted by Crippen LogP contribution is 2.28. The van der Waals surface area contributed by atoms with Gasteiger partial charge in [-0.15, -0.1) is 0 Å². The number of hydrogen-bond acceptors (Lipinski definition) is 3. The molecule has 1 heterocycles. The van der Waals surface area contributed by atoms with Crippen molar-refractivity contribution in [3.05, 3.63) is 28.8 Å². The van der Waals surface area contributed by atoms with Crippen LogP contribution < -0.4 is 10.2 Å². The second-order valence-electron chi connectivity index (χ2n) is 4.73. The molecule has 0 amide bonds. The number of piperidine rings is 1. The van der Waals surface area contributed by atoms with Gasteiger partial charge in [-0.25, -0.2) is 0 Å². The van der Waals surface area contributed by atoms with Crippen molar-refractivity contribution >= 4 is 29.1 Å². The Morgan fingerprint density at radius 2 is 2.11 bits per heavy atom. The van der Waals surface area contributed by atoms with Gasteiger partial charge in [0.15, 0.2) is 0 Å². The van der Waals surface area contributed by atoms with Gasteiger partial charge < -0.3 is 10.2 Å². The molecule has 0 saturated carbocycles. The van der Waals surface area contributed by atoms with Crippen molar-refractivity contribution in [3.8, 4) is 0 Å². The minimum absolute atomic E-state index is 0.827. The van der Waals surface area contributed by atoms with E-state index in [0.717, 1.165) is 29.9 Å². The zero-order chi connectivity index (χ0) is 13.0. The number of rotatable bonds is 4. The molecule has 2 rings (SSSR count). The van der Waals surface area contributed by atoms with Crippen LogP contribution in [0.4, 0.5) is 5.69 Å². The third kappa shape index (κ3) is 3.34. The van der Waals surface area contributed by atoms with Gasteiger partial charge in [0.25, 0.3) is 0 Å². The Kier molecular flexibility index (Phi) is 5.22. The van der Waals surface area contributed by atoms with Gasteiger partial charge in [0, 0.05) is 35.6 Å². The molecule has 1 N–H and O–H groups in total. The number of anilines is 1. The summed E-state index contributed by atoms with van der Waals surface area (Å²) < 4.78 is 0. The van der Waals surface area contributed by atoms with Crippen LogP contribution in [0, 0.1) is 0 Å². The monoisotopic (exact) mass is 284 g/mol. The average Bonchev–Trinajstić information content (AvgIpc) is 2.41. The highest BCUT2D eigenvalue weighted by Gasteiger charge is 2.18. The summed E-state index contributed by atoms with van der Waals surface area (Å²) in [7, 11) is 1.94. The van der Waals surface area contributed by atoms with Crippen LogP contribution in [-0.2, 0) is 6.54 Å². The Morgan fingerprint density at radius 1 is 1.39 bits per heavy atom. The third-order valence-electron chi connectivity index (χ3n) is 3.54. The number of nitrogens with one attached hydrogen (secondary N) is 1. The Balaban J connectivity index is 2.03. The first-order chi connectivity index (χ1) is 8.74. The molecule has 0 spiro atoms. The maximum absolute atomic E-state index is 6.31. The smallest absolute Gasteiger partial charge is 0.0471 e. The van der Waals surface area contributed by atoms with E-state index in [1.165, 1.54) is 24.1 Å². The van der Waals surface area contributed by atoms with Gasteiger partial charge in [-0.05, 0) is 43.8 Å². The van der Waals surface area contributed by atoms with Crippen molar-refractivity contribution in [2.45, 2.75) is 24.6 Å². The molecule has 100 valence electrons. The largest absolute Gasteiger partial charge is 0.371 e. The van der Waals surface area contributed by atoms with E-state index < -0.39 is 0 Å². The van der Waals surface area contributed by atoms with E-state index in [1.54, 1.807) is 0 Å². The molecule has 0 atom stereocenters. The molecule has 1 aromatic carbocycles. The number of nitrogens with zero attached hydrogens (tertiary/aromatic N) is 1. The van der Waals surface area contributed by atoms with E-state index in [1.807, 2.05) is 18.8 Å². The topological polar surface area (TPSA) is 15.3 Å². The Bertz CT molecular complexity index is 389. The first-order valence-corrected chi connectivity index (χ1v) is 8.12. The molecule has 1 aliphatic rings. The molecule has 0 aromatic heterocycles. The van der Waals surface area contributed by atoms with Gasteiger partial charge in [0.05, 0.1) is 0 Å². The van der Waals surface area contributed by atoms with Gasteiger partial charge in [-0.3, -0.25) is 0 Å². The van der Waals surface area contributed by atoms with Crippen LogP contribution in [0.15, 0.2) is 18.2 Å². The summed E-state index contributed by atoms with van der Waals surface area (Å²) in [6.07, 6.45) is 4.76. The van der Waals surface area contributed by atoms with Crippen LogP contribution in [0.2, 0.25) is 5.02 Å². The molecule has 0 bridgehead atoms. The fourth-order valence-corrected chi connectivity index (χ4v) is 3.34. The Hall–Kier alpha value is -0.380. The zero-order valence-electron chi connectivity index (χ0n) is 11.1. The lowest BCUT2D eigenvalue weighted by molar-refractivity contribution is 0.591. The molecule has 1 saturated heterocycles. The minimum atomic E-state index is 0.827. The lowest BCUT2D eigenvalue weighted by Gasteiger charge is -2.33. The standard InChI is InChI=1S/C14H21ClN2S/c1-16-10-11-3-4-12(9-14(11)15)17-7-5-13(18-2)6-8-17/h3-4,9,13,16H,5-8,10H2,1-2H3. The maximum atomic E-state index is 6.31. The van der Waals surface area contributed by atoms with Crippen molar-refractivity contribution in [2.75, 3.05) is 31.3 Å². The number of thioether (sulfide) groups is 1. The van der Waals surface area contributed by atoms with Crippen LogP contribution >= 0.6 is 23.4 Å². The molecule has 0 radical (unpaired) electrons. The molecular formula is C14H21ClN2S. The van der Waals surface area contributed by atoms with Crippen molar-refractivity contribution in [1.29, 1.82) is 0 Å². The predicted octanol–water partition coefficient (Wildman–Crippen LogP) is 3.39. The van der Waals surface area contributed by atoms with Crippen molar-refractivity contribution in [2.24, 2.45) is 0 Å². The van der Waals surface area contributed by atoms with Crippen LogP contribution in [0.1, 0.15) is 18.4 Å². The average molecular weight is 285 g/mol. The fourth-order valence-electron chi connectivity index (χ4n) is 2.42. The molecule has 1 aromatic rings. The summed E-state index contributed by atoms with van der Waals surface area (Å²) in [5, 5.41) is 4.84. The van der Waals surface area contributed by atoms with Crippen molar-refractivity contribution in [1.82, 2.24) is 5.32 Å². The van der Waals surface area contributed by atoms with Gasteiger partial charge in [0.1, 0.15) is 0 Å². The van der Waals surface area contributed by atoms with E-state index in [0.29, 0.717) is 0 Å². The van der Waals surface area contributed by atoms with Crippen molar-refractivity contribution < 1.29 is 0 Å². The van der Waals surface area contributed by atoms with E-state index >= 15 is 0 Å². The Morgan fingerprint density at radius 3 is 2.67 bits per heavy atom. The second kappa shape index (κ2) is 6.69. The fraction of sp³-hybridized carbons (Fsp3) is 0.571. The summed E-state index contributed by atoms with van der Waals surface area (Å²) in [5.74, 6) is 0. The lowest BCUT2D eigenvalue weighted by Crippen LogP contribution is -2.34. The van der Waals surface area contributed by atoms with Crippen LogP contribution in [0.3, 0.4) is 0 Å². The maximum Gasteiger partial charge on any atom is 0.0471 e. The van der Waals surface area contributed by atoms with Gasteiger partial charge in [-0.1, -0.05) is 17.7 Å². The van der Waals surface area contributed by atoms with Crippen LogP contribution in [0.25, 0.3) is 0 Å². The highest BCUT2D eigenvalue weighted by atomic mass is 35.5. The lowest BCUT2D eigenvalue weighted by atomic mass is 10.1. The van der Waals surface area contributed by atoms with E-state index in [4.69, 9.17) is 11.6 Å². The Labute approximate surface area is 119 Å². The van der Waals surface area contributed by atoms with Gasteiger partial charge in [-0.2, -0.15) is 11.8 Å². The van der Waals surface area contributed by atoms with Crippen molar-refractivity contribution in [3.63, 3.8) is 0 Å². The van der Waals surface area contributed by atoms with Gasteiger partial charge in [0.2, 0.25) is 0 Å².